The van der Waals surface area contributed by atoms with Gasteiger partial charge in [-0.2, -0.15) is 0 Å². The van der Waals surface area contributed by atoms with Crippen molar-refractivity contribution in [3.8, 4) is 0 Å². The van der Waals surface area contributed by atoms with Crippen LogP contribution in [0.4, 0.5) is 0 Å². The number of benzene rings is 1. The Morgan fingerprint density at radius 1 is 1.07 bits per heavy atom. The van der Waals surface area contributed by atoms with Crippen molar-refractivity contribution in [2.75, 3.05) is 20.6 Å². The van der Waals surface area contributed by atoms with Gasteiger partial charge >= 0.3 is 0 Å². The van der Waals surface area contributed by atoms with Crippen LogP contribution in [0.5, 0.6) is 0 Å². The number of rotatable bonds is 5. The molecule has 0 radical (unpaired) electrons. The van der Waals surface area contributed by atoms with E-state index in [0.717, 1.165) is 12.5 Å². The van der Waals surface area contributed by atoms with E-state index in [1.54, 1.807) is 0 Å². The molecule has 0 N–H and O–H groups in total. The number of hydrogen-bond donors (Lipinski definition) is 0. The minimum atomic E-state index is 0.668. The summed E-state index contributed by atoms with van der Waals surface area (Å²) in [5.41, 5.74) is 1.47. The molecule has 1 aromatic rings. The van der Waals surface area contributed by atoms with Crippen molar-refractivity contribution in [3.63, 3.8) is 0 Å². The maximum atomic E-state index is 2.30. The van der Waals surface area contributed by atoms with E-state index in [2.05, 4.69) is 63.2 Å². The largest absolute Gasteiger partial charge is 0.309 e. The lowest BCUT2D eigenvalue weighted by Gasteiger charge is -2.23. The Morgan fingerprint density at radius 3 is 2.13 bits per heavy atom. The molecular weight excluding hydrogens is 182 g/mol. The van der Waals surface area contributed by atoms with E-state index in [1.807, 2.05) is 0 Å². The van der Waals surface area contributed by atoms with Crippen LogP contribution in [0.1, 0.15) is 31.7 Å². The van der Waals surface area contributed by atoms with E-state index in [1.165, 1.54) is 12.0 Å². The maximum Gasteiger partial charge on any atom is 0.00443 e. The first-order valence-corrected chi connectivity index (χ1v) is 5.79. The third-order valence-corrected chi connectivity index (χ3v) is 2.61. The molecule has 15 heavy (non-hydrogen) atoms. The zero-order valence-corrected chi connectivity index (χ0v) is 10.4. The fourth-order valence-corrected chi connectivity index (χ4v) is 2.05. The second kappa shape index (κ2) is 5.92. The molecule has 0 spiro atoms. The van der Waals surface area contributed by atoms with Crippen LogP contribution >= 0.6 is 0 Å². The van der Waals surface area contributed by atoms with E-state index >= 15 is 0 Å². The molecule has 84 valence electrons. The van der Waals surface area contributed by atoms with Crippen LogP contribution < -0.4 is 0 Å². The molecule has 0 unspecified atom stereocenters. The van der Waals surface area contributed by atoms with E-state index in [4.69, 9.17) is 0 Å². The van der Waals surface area contributed by atoms with Crippen LogP contribution in [0.2, 0.25) is 0 Å². The highest BCUT2D eigenvalue weighted by atomic mass is 15.1. The summed E-state index contributed by atoms with van der Waals surface area (Å²) in [7, 11) is 4.30. The standard InChI is InChI=1S/C14H23N/c1-12(2)10-14(11-15(3)4)13-8-6-5-7-9-13/h5-9,12,14H,10-11H2,1-4H3/t14-/m0/s1. The van der Waals surface area contributed by atoms with Gasteiger partial charge in [-0.1, -0.05) is 44.2 Å². The molecule has 0 saturated heterocycles. The van der Waals surface area contributed by atoms with E-state index in [-0.39, 0.29) is 0 Å². The zero-order valence-electron chi connectivity index (χ0n) is 10.4. The summed E-state index contributed by atoms with van der Waals surface area (Å²) in [4.78, 5) is 2.28. The minimum Gasteiger partial charge on any atom is -0.309 e. The highest BCUT2D eigenvalue weighted by Gasteiger charge is 2.13. The van der Waals surface area contributed by atoms with Gasteiger partial charge in [-0.25, -0.2) is 0 Å². The molecular formula is C14H23N. The third kappa shape index (κ3) is 4.48. The van der Waals surface area contributed by atoms with Crippen LogP contribution in [-0.2, 0) is 0 Å². The lowest BCUT2D eigenvalue weighted by atomic mass is 9.90. The van der Waals surface area contributed by atoms with Crippen LogP contribution in [0.3, 0.4) is 0 Å². The Kier molecular flexibility index (Phi) is 4.83. The van der Waals surface area contributed by atoms with Gasteiger partial charge in [0.15, 0.2) is 0 Å². The molecule has 1 rings (SSSR count). The Labute approximate surface area is 94.1 Å². The molecule has 0 saturated carbocycles. The lowest BCUT2D eigenvalue weighted by Crippen LogP contribution is -2.21. The van der Waals surface area contributed by atoms with E-state index in [0.29, 0.717) is 5.92 Å². The van der Waals surface area contributed by atoms with Crippen LogP contribution in [0.15, 0.2) is 30.3 Å². The van der Waals surface area contributed by atoms with Gasteiger partial charge in [0, 0.05) is 6.54 Å². The molecule has 1 heteroatoms. The molecule has 1 nitrogen and oxygen atoms in total. The first-order valence-electron chi connectivity index (χ1n) is 5.79. The van der Waals surface area contributed by atoms with Gasteiger partial charge in [-0.3, -0.25) is 0 Å². The summed E-state index contributed by atoms with van der Waals surface area (Å²) in [6.45, 7) is 5.74. The molecule has 1 aromatic carbocycles. The van der Waals surface area contributed by atoms with Gasteiger partial charge in [0.25, 0.3) is 0 Å². The second-order valence-corrected chi connectivity index (χ2v) is 5.00. The van der Waals surface area contributed by atoms with Gasteiger partial charge < -0.3 is 4.90 Å². The van der Waals surface area contributed by atoms with Crippen molar-refractivity contribution in [1.29, 1.82) is 0 Å². The lowest BCUT2D eigenvalue weighted by molar-refractivity contribution is 0.344. The van der Waals surface area contributed by atoms with Crippen molar-refractivity contribution in [2.45, 2.75) is 26.2 Å². The minimum absolute atomic E-state index is 0.668. The molecule has 0 aromatic heterocycles. The quantitative estimate of drug-likeness (QED) is 0.712. The molecule has 0 bridgehead atoms. The van der Waals surface area contributed by atoms with E-state index < -0.39 is 0 Å². The fourth-order valence-electron chi connectivity index (χ4n) is 2.05. The second-order valence-electron chi connectivity index (χ2n) is 5.00. The van der Waals surface area contributed by atoms with Gasteiger partial charge in [-0.15, -0.1) is 0 Å². The van der Waals surface area contributed by atoms with Gasteiger partial charge in [0.05, 0.1) is 0 Å². The normalized spacial score (nSPS) is 13.5. The smallest absolute Gasteiger partial charge is 0.00443 e. The number of nitrogens with zero attached hydrogens (tertiary/aromatic N) is 1. The van der Waals surface area contributed by atoms with E-state index in [9.17, 15) is 0 Å². The number of hydrogen-bond acceptors (Lipinski definition) is 1. The van der Waals surface area contributed by atoms with Crippen LogP contribution in [0.25, 0.3) is 0 Å². The highest BCUT2D eigenvalue weighted by Crippen LogP contribution is 2.23. The molecule has 1 atom stereocenters. The Bertz CT molecular complexity index is 254. The highest BCUT2D eigenvalue weighted by molar-refractivity contribution is 5.19. The van der Waals surface area contributed by atoms with Crippen molar-refractivity contribution in [2.24, 2.45) is 5.92 Å². The summed E-state index contributed by atoms with van der Waals surface area (Å²) in [5, 5.41) is 0. The molecule has 0 aliphatic heterocycles. The maximum absolute atomic E-state index is 2.30. The topological polar surface area (TPSA) is 3.24 Å². The summed E-state index contributed by atoms with van der Waals surface area (Å²) >= 11 is 0. The Balaban J connectivity index is 2.72. The molecule has 0 aliphatic carbocycles. The van der Waals surface area contributed by atoms with Crippen LogP contribution in [0, 0.1) is 5.92 Å². The predicted octanol–water partition coefficient (Wildman–Crippen LogP) is 3.38. The summed E-state index contributed by atoms with van der Waals surface area (Å²) in [6, 6.07) is 10.9. The fraction of sp³-hybridized carbons (Fsp3) is 0.571. The predicted molar refractivity (Wildman–Crippen MR) is 67.2 cm³/mol. The van der Waals surface area contributed by atoms with Gasteiger partial charge in [-0.05, 0) is 37.9 Å². The first kappa shape index (κ1) is 12.3. The Morgan fingerprint density at radius 2 is 1.67 bits per heavy atom. The molecule has 0 heterocycles. The van der Waals surface area contributed by atoms with Crippen molar-refractivity contribution >= 4 is 0 Å². The van der Waals surface area contributed by atoms with Crippen molar-refractivity contribution < 1.29 is 0 Å². The number of likely N-dealkylation sites (N-methyl/N-ethyl adjacent to an activating group) is 1. The molecule has 0 amide bonds. The van der Waals surface area contributed by atoms with Gasteiger partial charge in [0.1, 0.15) is 0 Å². The average Bonchev–Trinajstić information content (AvgIpc) is 2.17. The summed E-state index contributed by atoms with van der Waals surface area (Å²) in [5.74, 6) is 1.43. The van der Waals surface area contributed by atoms with Crippen molar-refractivity contribution in [1.82, 2.24) is 4.90 Å². The van der Waals surface area contributed by atoms with Crippen molar-refractivity contribution in [3.05, 3.63) is 35.9 Å². The monoisotopic (exact) mass is 205 g/mol. The first-order chi connectivity index (χ1) is 7.09. The third-order valence-electron chi connectivity index (χ3n) is 2.61. The van der Waals surface area contributed by atoms with Crippen LogP contribution in [-0.4, -0.2) is 25.5 Å². The molecule has 0 aliphatic rings. The molecule has 0 fully saturated rings. The SMILES string of the molecule is CC(C)C[C@@H](CN(C)C)c1ccccc1. The van der Waals surface area contributed by atoms with Gasteiger partial charge in [0.2, 0.25) is 0 Å². The average molecular weight is 205 g/mol. The summed E-state index contributed by atoms with van der Waals surface area (Å²) in [6.07, 6.45) is 1.27. The summed E-state index contributed by atoms with van der Waals surface area (Å²) < 4.78 is 0. The zero-order chi connectivity index (χ0) is 11.3. The Hall–Kier alpha value is -0.820.